The maximum absolute atomic E-state index is 13.1. The minimum absolute atomic E-state index is 0.269. The van der Waals surface area contributed by atoms with Crippen molar-refractivity contribution in [2.75, 3.05) is 5.32 Å². The Labute approximate surface area is 154 Å². The van der Waals surface area contributed by atoms with Crippen molar-refractivity contribution in [3.8, 4) is 0 Å². The number of hydrogen-bond acceptors (Lipinski definition) is 3. The van der Waals surface area contributed by atoms with Crippen LogP contribution in [0.5, 0.6) is 0 Å². The maximum Gasteiger partial charge on any atom is 0.331 e. The Bertz CT molecular complexity index is 824. The van der Waals surface area contributed by atoms with E-state index in [0.29, 0.717) is 16.3 Å². The van der Waals surface area contributed by atoms with Crippen molar-refractivity contribution in [2.45, 2.75) is 13.0 Å². The van der Waals surface area contributed by atoms with E-state index in [4.69, 9.17) is 27.9 Å². The highest BCUT2D eigenvalue weighted by Crippen LogP contribution is 2.25. The lowest BCUT2D eigenvalue weighted by Gasteiger charge is -2.13. The van der Waals surface area contributed by atoms with Gasteiger partial charge in [-0.1, -0.05) is 35.3 Å². The summed E-state index contributed by atoms with van der Waals surface area (Å²) in [6.07, 6.45) is 1.47. The van der Waals surface area contributed by atoms with Crippen LogP contribution >= 0.6 is 23.2 Å². The smallest absolute Gasteiger partial charge is 0.331 e. The fraction of sp³-hybridized carbons (Fsp3) is 0.111. The molecule has 0 aromatic heterocycles. The minimum Gasteiger partial charge on any atom is -0.449 e. The van der Waals surface area contributed by atoms with E-state index in [-0.39, 0.29) is 5.02 Å². The second-order valence-electron chi connectivity index (χ2n) is 5.08. The molecule has 130 valence electrons. The number of nitrogens with one attached hydrogen (secondary N) is 1. The van der Waals surface area contributed by atoms with Crippen LogP contribution in [0.25, 0.3) is 6.08 Å². The monoisotopic (exact) mass is 381 g/mol. The maximum atomic E-state index is 13.1. The summed E-state index contributed by atoms with van der Waals surface area (Å²) in [6.45, 7) is 1.42. The molecule has 0 saturated heterocycles. The van der Waals surface area contributed by atoms with Crippen LogP contribution in [0.15, 0.2) is 48.5 Å². The molecule has 2 aromatic rings. The summed E-state index contributed by atoms with van der Waals surface area (Å²) in [4.78, 5) is 23.8. The van der Waals surface area contributed by atoms with Crippen LogP contribution in [0.4, 0.5) is 10.1 Å². The zero-order valence-electron chi connectivity index (χ0n) is 13.1. The molecule has 0 aliphatic carbocycles. The summed E-state index contributed by atoms with van der Waals surface area (Å²) < 4.78 is 18.0. The Kier molecular flexibility index (Phi) is 6.56. The van der Waals surface area contributed by atoms with Gasteiger partial charge in [-0.15, -0.1) is 0 Å². The number of rotatable bonds is 5. The fourth-order valence-electron chi connectivity index (χ4n) is 1.87. The van der Waals surface area contributed by atoms with Crippen molar-refractivity contribution in [2.24, 2.45) is 0 Å². The second kappa shape index (κ2) is 8.65. The molecule has 0 fully saturated rings. The van der Waals surface area contributed by atoms with E-state index in [1.165, 1.54) is 37.3 Å². The van der Waals surface area contributed by atoms with Crippen LogP contribution < -0.4 is 5.32 Å². The zero-order valence-corrected chi connectivity index (χ0v) is 14.6. The van der Waals surface area contributed by atoms with E-state index in [0.717, 1.165) is 6.08 Å². The number of carbonyl (C=O) groups is 2. The Hall–Kier alpha value is -2.37. The summed E-state index contributed by atoms with van der Waals surface area (Å²) in [5.74, 6) is -1.69. The van der Waals surface area contributed by atoms with E-state index in [2.05, 4.69) is 5.32 Å². The normalized spacial score (nSPS) is 12.0. The molecule has 0 heterocycles. The highest BCUT2D eigenvalue weighted by atomic mass is 35.5. The van der Waals surface area contributed by atoms with Crippen LogP contribution in [-0.2, 0) is 14.3 Å². The zero-order chi connectivity index (χ0) is 18.4. The van der Waals surface area contributed by atoms with Crippen molar-refractivity contribution in [1.29, 1.82) is 0 Å². The molecule has 2 aromatic carbocycles. The third-order valence-corrected chi connectivity index (χ3v) is 3.66. The van der Waals surface area contributed by atoms with E-state index in [1.807, 2.05) is 0 Å². The molecular formula is C18H14Cl2FNO3. The van der Waals surface area contributed by atoms with Crippen LogP contribution in [0, 0.1) is 5.82 Å². The van der Waals surface area contributed by atoms with Crippen LogP contribution in [0.2, 0.25) is 10.0 Å². The molecule has 0 unspecified atom stereocenters. The van der Waals surface area contributed by atoms with E-state index in [1.54, 1.807) is 18.2 Å². The number of ether oxygens (including phenoxy) is 1. The third-order valence-electron chi connectivity index (χ3n) is 3.11. The Morgan fingerprint density at radius 2 is 1.96 bits per heavy atom. The molecule has 0 spiro atoms. The number of esters is 1. The van der Waals surface area contributed by atoms with Crippen LogP contribution in [0.1, 0.15) is 12.5 Å². The molecule has 1 N–H and O–H groups in total. The first-order chi connectivity index (χ1) is 11.8. The van der Waals surface area contributed by atoms with Gasteiger partial charge in [-0.3, -0.25) is 4.79 Å². The predicted molar refractivity (Wildman–Crippen MR) is 96.1 cm³/mol. The van der Waals surface area contributed by atoms with Gasteiger partial charge < -0.3 is 10.1 Å². The average Bonchev–Trinajstić information content (AvgIpc) is 2.55. The van der Waals surface area contributed by atoms with Gasteiger partial charge in [0.05, 0.1) is 10.7 Å². The Balaban J connectivity index is 1.92. The molecule has 2 rings (SSSR count). The highest BCUT2D eigenvalue weighted by molar-refractivity contribution is 6.36. The van der Waals surface area contributed by atoms with Gasteiger partial charge in [0.25, 0.3) is 5.91 Å². The lowest BCUT2D eigenvalue weighted by Crippen LogP contribution is -2.29. The van der Waals surface area contributed by atoms with Gasteiger partial charge in [-0.25, -0.2) is 9.18 Å². The summed E-state index contributed by atoms with van der Waals surface area (Å²) in [5, 5.41) is 3.25. The van der Waals surface area contributed by atoms with Gasteiger partial charge in [0.2, 0.25) is 0 Å². The molecule has 1 amide bonds. The quantitative estimate of drug-likeness (QED) is 0.602. The van der Waals surface area contributed by atoms with Crippen molar-refractivity contribution in [1.82, 2.24) is 0 Å². The predicted octanol–water partition coefficient (Wildman–Crippen LogP) is 4.72. The van der Waals surface area contributed by atoms with Gasteiger partial charge in [0.1, 0.15) is 5.82 Å². The largest absolute Gasteiger partial charge is 0.449 e. The molecule has 25 heavy (non-hydrogen) atoms. The standard InChI is InChI=1S/C18H14Cl2FNO3/c1-11(18(24)22-16-7-6-13(19)10-15(16)20)25-17(23)8-5-12-3-2-4-14(21)9-12/h2-11H,1H3,(H,22,24)/b8-5+/t11-/m1/s1. The molecule has 0 bridgehead atoms. The number of anilines is 1. The Morgan fingerprint density at radius 3 is 2.64 bits per heavy atom. The molecule has 0 aliphatic rings. The Morgan fingerprint density at radius 1 is 1.20 bits per heavy atom. The summed E-state index contributed by atoms with van der Waals surface area (Å²) >= 11 is 11.7. The molecular weight excluding hydrogens is 368 g/mol. The summed E-state index contributed by atoms with van der Waals surface area (Å²) in [6, 6.07) is 10.3. The molecule has 0 radical (unpaired) electrons. The van der Waals surface area contributed by atoms with Crippen molar-refractivity contribution < 1.29 is 18.7 Å². The van der Waals surface area contributed by atoms with Gasteiger partial charge >= 0.3 is 5.97 Å². The molecule has 0 aliphatic heterocycles. The SMILES string of the molecule is C[C@@H](OC(=O)/C=C/c1cccc(F)c1)C(=O)Nc1ccc(Cl)cc1Cl. The molecule has 1 atom stereocenters. The molecule has 0 saturated carbocycles. The third kappa shape index (κ3) is 5.89. The van der Waals surface area contributed by atoms with E-state index >= 15 is 0 Å². The first-order valence-corrected chi connectivity index (χ1v) is 8.01. The summed E-state index contributed by atoms with van der Waals surface area (Å²) in [7, 11) is 0. The van der Waals surface area contributed by atoms with E-state index < -0.39 is 23.8 Å². The lowest BCUT2D eigenvalue weighted by atomic mass is 10.2. The van der Waals surface area contributed by atoms with Crippen LogP contribution in [0.3, 0.4) is 0 Å². The number of hydrogen-bond donors (Lipinski definition) is 1. The molecule has 7 heteroatoms. The van der Waals surface area contributed by atoms with Gasteiger partial charge in [-0.05, 0) is 48.9 Å². The van der Waals surface area contributed by atoms with Crippen molar-refractivity contribution >= 4 is 46.8 Å². The fourth-order valence-corrected chi connectivity index (χ4v) is 2.32. The van der Waals surface area contributed by atoms with Gasteiger partial charge in [-0.2, -0.15) is 0 Å². The first-order valence-electron chi connectivity index (χ1n) is 7.25. The lowest BCUT2D eigenvalue weighted by molar-refractivity contribution is -0.148. The van der Waals surface area contributed by atoms with Crippen molar-refractivity contribution in [3.05, 3.63) is 70.0 Å². The number of carbonyl (C=O) groups excluding carboxylic acids is 2. The molecule has 4 nitrogen and oxygen atoms in total. The van der Waals surface area contributed by atoms with Crippen molar-refractivity contribution in [3.63, 3.8) is 0 Å². The second-order valence-corrected chi connectivity index (χ2v) is 5.92. The van der Waals surface area contributed by atoms with Crippen LogP contribution in [-0.4, -0.2) is 18.0 Å². The average molecular weight is 382 g/mol. The first kappa shape index (κ1) is 19.0. The van der Waals surface area contributed by atoms with Gasteiger partial charge in [0.15, 0.2) is 6.10 Å². The summed E-state index contributed by atoms with van der Waals surface area (Å²) in [5.41, 5.74) is 0.858. The van der Waals surface area contributed by atoms with E-state index in [9.17, 15) is 14.0 Å². The minimum atomic E-state index is -1.04. The highest BCUT2D eigenvalue weighted by Gasteiger charge is 2.17. The number of halogens is 3. The number of amides is 1. The topological polar surface area (TPSA) is 55.4 Å². The number of benzene rings is 2. The van der Waals surface area contributed by atoms with Gasteiger partial charge in [0, 0.05) is 11.1 Å².